The van der Waals surface area contributed by atoms with Crippen LogP contribution < -0.4 is 16.0 Å². The molecule has 1 atom stereocenters. The molecule has 0 aromatic heterocycles. The Morgan fingerprint density at radius 2 is 1.71 bits per heavy atom. The van der Waals surface area contributed by atoms with Crippen LogP contribution in [0.4, 0.5) is 0 Å². The highest BCUT2D eigenvalue weighted by molar-refractivity contribution is 5.39. The second kappa shape index (κ2) is 6.74. The Labute approximate surface area is 127 Å². The summed E-state index contributed by atoms with van der Waals surface area (Å²) in [7, 11) is 1.69. The van der Waals surface area contributed by atoms with E-state index in [4.69, 9.17) is 10.6 Å². The minimum atomic E-state index is 0.0709. The zero-order chi connectivity index (χ0) is 15.4. The van der Waals surface area contributed by atoms with Crippen LogP contribution in [0.3, 0.4) is 0 Å². The van der Waals surface area contributed by atoms with Crippen LogP contribution in [-0.2, 0) is 6.42 Å². The van der Waals surface area contributed by atoms with E-state index in [1.54, 1.807) is 7.11 Å². The molecule has 2 rings (SSSR count). The minimum absolute atomic E-state index is 0.0709. The van der Waals surface area contributed by atoms with E-state index in [1.807, 2.05) is 6.92 Å². The predicted molar refractivity (Wildman–Crippen MR) is 87.4 cm³/mol. The maximum atomic E-state index is 5.76. The van der Waals surface area contributed by atoms with Gasteiger partial charge < -0.3 is 4.74 Å². The SMILES string of the molecule is COc1cc(C(Cc2ccc(C)c(C)c2)NN)ccc1C. The van der Waals surface area contributed by atoms with Gasteiger partial charge in [-0.1, -0.05) is 30.3 Å². The second-order valence-corrected chi connectivity index (χ2v) is 5.57. The molecule has 0 fully saturated rings. The maximum absolute atomic E-state index is 5.76. The first kappa shape index (κ1) is 15.5. The summed E-state index contributed by atoms with van der Waals surface area (Å²) in [5.41, 5.74) is 9.08. The number of rotatable bonds is 5. The molecular weight excluding hydrogens is 260 g/mol. The van der Waals surface area contributed by atoms with Gasteiger partial charge in [-0.25, -0.2) is 0 Å². The van der Waals surface area contributed by atoms with E-state index in [2.05, 4.69) is 55.7 Å². The summed E-state index contributed by atoms with van der Waals surface area (Å²) < 4.78 is 5.40. The molecule has 0 aliphatic rings. The first-order valence-electron chi connectivity index (χ1n) is 7.22. The molecule has 0 saturated heterocycles. The van der Waals surface area contributed by atoms with Crippen LogP contribution in [0.5, 0.6) is 5.75 Å². The standard InChI is InChI=1S/C18H24N2O/c1-12-5-7-15(9-14(12)3)10-17(20-19)16-8-6-13(2)18(11-16)21-4/h5-9,11,17,20H,10,19H2,1-4H3. The second-order valence-electron chi connectivity index (χ2n) is 5.57. The molecule has 2 aromatic carbocycles. The molecule has 0 heterocycles. The zero-order valence-electron chi connectivity index (χ0n) is 13.2. The average Bonchev–Trinajstić information content (AvgIpc) is 2.49. The van der Waals surface area contributed by atoms with Gasteiger partial charge in [0.2, 0.25) is 0 Å². The van der Waals surface area contributed by atoms with Crippen LogP contribution in [-0.4, -0.2) is 7.11 Å². The molecule has 1 unspecified atom stereocenters. The van der Waals surface area contributed by atoms with Crippen LogP contribution in [0, 0.1) is 20.8 Å². The lowest BCUT2D eigenvalue weighted by Crippen LogP contribution is -2.29. The maximum Gasteiger partial charge on any atom is 0.122 e. The Kier molecular flexibility index (Phi) is 4.99. The van der Waals surface area contributed by atoms with E-state index < -0.39 is 0 Å². The van der Waals surface area contributed by atoms with E-state index in [9.17, 15) is 0 Å². The fourth-order valence-electron chi connectivity index (χ4n) is 2.49. The highest BCUT2D eigenvalue weighted by atomic mass is 16.5. The molecule has 3 N–H and O–H groups in total. The van der Waals surface area contributed by atoms with E-state index in [0.717, 1.165) is 23.3 Å². The fraction of sp³-hybridized carbons (Fsp3) is 0.333. The summed E-state index contributed by atoms with van der Waals surface area (Å²) in [6.45, 7) is 6.30. The molecule has 0 radical (unpaired) electrons. The summed E-state index contributed by atoms with van der Waals surface area (Å²) in [6, 6.07) is 12.8. The first-order chi connectivity index (χ1) is 10.0. The van der Waals surface area contributed by atoms with Gasteiger partial charge in [-0.2, -0.15) is 0 Å². The summed E-state index contributed by atoms with van der Waals surface area (Å²) in [4.78, 5) is 0. The van der Waals surface area contributed by atoms with Gasteiger partial charge in [0.1, 0.15) is 5.75 Å². The zero-order valence-corrected chi connectivity index (χ0v) is 13.2. The normalized spacial score (nSPS) is 12.2. The van der Waals surface area contributed by atoms with Crippen molar-refractivity contribution >= 4 is 0 Å². The summed E-state index contributed by atoms with van der Waals surface area (Å²) >= 11 is 0. The smallest absolute Gasteiger partial charge is 0.122 e. The lowest BCUT2D eigenvalue weighted by Gasteiger charge is -2.18. The van der Waals surface area contributed by atoms with Crippen molar-refractivity contribution in [3.8, 4) is 5.75 Å². The number of hydrazine groups is 1. The number of aryl methyl sites for hydroxylation is 3. The van der Waals surface area contributed by atoms with E-state index in [-0.39, 0.29) is 6.04 Å². The van der Waals surface area contributed by atoms with Crippen molar-refractivity contribution in [1.82, 2.24) is 5.43 Å². The van der Waals surface area contributed by atoms with Crippen molar-refractivity contribution in [1.29, 1.82) is 0 Å². The van der Waals surface area contributed by atoms with Crippen molar-refractivity contribution in [3.05, 3.63) is 64.2 Å². The van der Waals surface area contributed by atoms with Crippen LogP contribution in [0.25, 0.3) is 0 Å². The highest BCUT2D eigenvalue weighted by Crippen LogP contribution is 2.25. The van der Waals surface area contributed by atoms with Crippen LogP contribution in [0.2, 0.25) is 0 Å². The molecule has 0 bridgehead atoms. The molecular formula is C18H24N2O. The summed E-state index contributed by atoms with van der Waals surface area (Å²) in [6.07, 6.45) is 0.851. The summed E-state index contributed by atoms with van der Waals surface area (Å²) in [5.74, 6) is 6.66. The largest absolute Gasteiger partial charge is 0.496 e. The lowest BCUT2D eigenvalue weighted by molar-refractivity contribution is 0.410. The van der Waals surface area contributed by atoms with Gasteiger partial charge in [-0.3, -0.25) is 11.3 Å². The third kappa shape index (κ3) is 3.63. The molecule has 0 aliphatic heterocycles. The highest BCUT2D eigenvalue weighted by Gasteiger charge is 2.13. The first-order valence-corrected chi connectivity index (χ1v) is 7.22. The average molecular weight is 284 g/mol. The van der Waals surface area contributed by atoms with Crippen LogP contribution in [0.15, 0.2) is 36.4 Å². The van der Waals surface area contributed by atoms with Gasteiger partial charge in [-0.15, -0.1) is 0 Å². The summed E-state index contributed by atoms with van der Waals surface area (Å²) in [5, 5.41) is 0. The van der Waals surface area contributed by atoms with Crippen LogP contribution in [0.1, 0.15) is 33.9 Å². The number of ether oxygens (including phenoxy) is 1. The molecule has 0 saturated carbocycles. The molecule has 3 heteroatoms. The third-order valence-electron chi connectivity index (χ3n) is 4.05. The number of hydrogen-bond donors (Lipinski definition) is 2. The molecule has 0 aliphatic carbocycles. The Morgan fingerprint density at radius 3 is 2.33 bits per heavy atom. The van der Waals surface area contributed by atoms with E-state index in [1.165, 1.54) is 16.7 Å². The van der Waals surface area contributed by atoms with Gasteiger partial charge in [0.25, 0.3) is 0 Å². The number of methoxy groups -OCH3 is 1. The van der Waals surface area contributed by atoms with Crippen molar-refractivity contribution in [2.75, 3.05) is 7.11 Å². The molecule has 3 nitrogen and oxygen atoms in total. The molecule has 0 spiro atoms. The Morgan fingerprint density at radius 1 is 1.00 bits per heavy atom. The van der Waals surface area contributed by atoms with Crippen molar-refractivity contribution < 1.29 is 4.74 Å². The van der Waals surface area contributed by atoms with E-state index in [0.29, 0.717) is 0 Å². The Balaban J connectivity index is 2.25. The Hall–Kier alpha value is -1.84. The van der Waals surface area contributed by atoms with Crippen molar-refractivity contribution in [3.63, 3.8) is 0 Å². The lowest BCUT2D eigenvalue weighted by atomic mass is 9.96. The van der Waals surface area contributed by atoms with Crippen LogP contribution >= 0.6 is 0 Å². The predicted octanol–water partition coefficient (Wildman–Crippen LogP) is 3.37. The third-order valence-corrected chi connectivity index (χ3v) is 4.05. The van der Waals surface area contributed by atoms with E-state index >= 15 is 0 Å². The molecule has 0 amide bonds. The Bertz CT molecular complexity index is 623. The molecule has 112 valence electrons. The van der Waals surface area contributed by atoms with Gasteiger partial charge in [-0.05, 0) is 61.1 Å². The van der Waals surface area contributed by atoms with Gasteiger partial charge in [0.15, 0.2) is 0 Å². The molecule has 2 aromatic rings. The topological polar surface area (TPSA) is 47.3 Å². The number of hydrogen-bond acceptors (Lipinski definition) is 3. The van der Waals surface area contributed by atoms with Gasteiger partial charge in [0, 0.05) is 0 Å². The number of benzene rings is 2. The molecule has 21 heavy (non-hydrogen) atoms. The fourth-order valence-corrected chi connectivity index (χ4v) is 2.49. The number of nitrogens with one attached hydrogen (secondary N) is 1. The van der Waals surface area contributed by atoms with Crippen molar-refractivity contribution in [2.45, 2.75) is 33.2 Å². The number of nitrogens with two attached hydrogens (primary N) is 1. The van der Waals surface area contributed by atoms with Crippen molar-refractivity contribution in [2.24, 2.45) is 5.84 Å². The van der Waals surface area contributed by atoms with Gasteiger partial charge in [0.05, 0.1) is 13.2 Å². The van der Waals surface area contributed by atoms with Gasteiger partial charge >= 0.3 is 0 Å². The quantitative estimate of drug-likeness (QED) is 0.653. The minimum Gasteiger partial charge on any atom is -0.496 e. The monoisotopic (exact) mass is 284 g/mol.